The molecule has 0 spiro atoms. The molecule has 124 valence electrons. The number of nitrogens with one attached hydrogen (secondary N) is 1. The van der Waals surface area contributed by atoms with Crippen LogP contribution in [0, 0.1) is 0 Å². The van der Waals surface area contributed by atoms with Crippen LogP contribution in [0.5, 0.6) is 0 Å². The number of carbonyl (C=O) groups is 1. The van der Waals surface area contributed by atoms with E-state index in [1.165, 1.54) is 0 Å². The molecule has 0 aromatic heterocycles. The van der Waals surface area contributed by atoms with Gasteiger partial charge in [-0.3, -0.25) is 9.69 Å². The molecule has 1 saturated carbocycles. The third-order valence-electron chi connectivity index (χ3n) is 4.56. The third-order valence-corrected chi connectivity index (χ3v) is 4.56. The van der Waals surface area contributed by atoms with E-state index < -0.39 is 5.54 Å². The van der Waals surface area contributed by atoms with E-state index in [-0.39, 0.29) is 5.91 Å². The van der Waals surface area contributed by atoms with Crippen LogP contribution < -0.4 is 11.1 Å². The minimum absolute atomic E-state index is 0.235. The van der Waals surface area contributed by atoms with E-state index in [4.69, 9.17) is 10.5 Å². The molecule has 1 fully saturated rings. The molecule has 2 atom stereocenters. The Morgan fingerprint density at radius 3 is 2.62 bits per heavy atom. The van der Waals surface area contributed by atoms with Crippen LogP contribution in [0.15, 0.2) is 0 Å². The number of primary amides is 1. The lowest BCUT2D eigenvalue weighted by Crippen LogP contribution is -2.54. The predicted octanol–water partition coefficient (Wildman–Crippen LogP) is 1.51. The second-order valence-corrected chi connectivity index (χ2v) is 6.50. The zero-order valence-corrected chi connectivity index (χ0v) is 14.2. The largest absolute Gasteiger partial charge is 0.383 e. The Morgan fingerprint density at radius 1 is 1.48 bits per heavy atom. The van der Waals surface area contributed by atoms with E-state index in [9.17, 15) is 4.79 Å². The van der Waals surface area contributed by atoms with E-state index >= 15 is 0 Å². The van der Waals surface area contributed by atoms with Crippen molar-refractivity contribution in [2.75, 3.05) is 26.8 Å². The van der Waals surface area contributed by atoms with E-state index in [0.29, 0.717) is 12.1 Å². The molecule has 1 amide bonds. The molecule has 1 aliphatic carbocycles. The highest BCUT2D eigenvalue weighted by Gasteiger charge is 2.36. The number of ether oxygens (including phenoxy) is 1. The summed E-state index contributed by atoms with van der Waals surface area (Å²) >= 11 is 0. The second-order valence-electron chi connectivity index (χ2n) is 6.50. The van der Waals surface area contributed by atoms with Crippen LogP contribution in [0.1, 0.15) is 52.9 Å². The number of nitrogens with zero attached hydrogens (tertiary/aromatic N) is 1. The minimum atomic E-state index is -0.566. The van der Waals surface area contributed by atoms with Gasteiger partial charge in [0.2, 0.25) is 5.91 Å². The Kier molecular flexibility index (Phi) is 7.63. The molecule has 0 heterocycles. The first-order valence-electron chi connectivity index (χ1n) is 8.23. The molecule has 5 heteroatoms. The molecule has 2 unspecified atom stereocenters. The van der Waals surface area contributed by atoms with Gasteiger partial charge in [-0.05, 0) is 52.5 Å². The molecule has 0 aromatic carbocycles. The molecule has 0 bridgehead atoms. The second kappa shape index (κ2) is 8.71. The maximum Gasteiger partial charge on any atom is 0.237 e. The summed E-state index contributed by atoms with van der Waals surface area (Å²) in [5.74, 6) is -0.235. The summed E-state index contributed by atoms with van der Waals surface area (Å²) in [6, 6.07) is 1.03. The Balaban J connectivity index is 2.43. The zero-order chi connectivity index (χ0) is 15.9. The monoisotopic (exact) mass is 299 g/mol. The van der Waals surface area contributed by atoms with Gasteiger partial charge in [0.25, 0.3) is 0 Å². The van der Waals surface area contributed by atoms with E-state index in [1.54, 1.807) is 7.11 Å². The Labute approximate surface area is 129 Å². The van der Waals surface area contributed by atoms with Gasteiger partial charge in [0.05, 0.1) is 12.1 Å². The normalized spacial score (nSPS) is 19.5. The molecule has 1 aliphatic rings. The van der Waals surface area contributed by atoms with Crippen molar-refractivity contribution in [2.24, 2.45) is 5.73 Å². The first-order chi connectivity index (χ1) is 9.92. The number of methoxy groups -OCH3 is 1. The van der Waals surface area contributed by atoms with Crippen LogP contribution >= 0.6 is 0 Å². The molecule has 1 rings (SSSR count). The van der Waals surface area contributed by atoms with Gasteiger partial charge in [-0.1, -0.05) is 6.92 Å². The van der Waals surface area contributed by atoms with Crippen LogP contribution in [-0.4, -0.2) is 55.2 Å². The van der Waals surface area contributed by atoms with Crippen LogP contribution in [0.2, 0.25) is 0 Å². The fraction of sp³-hybridized carbons (Fsp3) is 0.938. The first-order valence-corrected chi connectivity index (χ1v) is 8.23. The molecular formula is C16H33N3O2. The van der Waals surface area contributed by atoms with E-state index in [1.807, 2.05) is 6.92 Å². The van der Waals surface area contributed by atoms with Crippen LogP contribution in [0.25, 0.3) is 0 Å². The molecule has 5 nitrogen and oxygen atoms in total. The molecule has 0 aliphatic heterocycles. The fourth-order valence-electron chi connectivity index (χ4n) is 2.60. The van der Waals surface area contributed by atoms with Crippen LogP contribution in [0.3, 0.4) is 0 Å². The highest BCUT2D eigenvalue weighted by atomic mass is 16.5. The minimum Gasteiger partial charge on any atom is -0.383 e. The van der Waals surface area contributed by atoms with Crippen molar-refractivity contribution in [3.63, 3.8) is 0 Å². The highest BCUT2D eigenvalue weighted by Crippen LogP contribution is 2.25. The smallest absolute Gasteiger partial charge is 0.237 e. The van der Waals surface area contributed by atoms with E-state index in [0.717, 1.165) is 51.8 Å². The summed E-state index contributed by atoms with van der Waals surface area (Å²) in [6.45, 7) is 9.05. The molecule has 0 aromatic rings. The number of nitrogens with two attached hydrogens (primary N) is 1. The average Bonchev–Trinajstić information content (AvgIpc) is 3.25. The van der Waals surface area contributed by atoms with Gasteiger partial charge in [-0.15, -0.1) is 0 Å². The number of hydrogen-bond donors (Lipinski definition) is 2. The van der Waals surface area contributed by atoms with Gasteiger partial charge in [0.15, 0.2) is 0 Å². The van der Waals surface area contributed by atoms with E-state index in [2.05, 4.69) is 24.1 Å². The Hall–Kier alpha value is -0.650. The van der Waals surface area contributed by atoms with Crippen molar-refractivity contribution in [1.29, 1.82) is 0 Å². The van der Waals surface area contributed by atoms with Gasteiger partial charge in [0.1, 0.15) is 0 Å². The average molecular weight is 299 g/mol. The SMILES string of the molecule is CCC(C)N(CCCC(C)(NC1CC1)C(N)=O)CCOC. The van der Waals surface area contributed by atoms with Gasteiger partial charge in [0, 0.05) is 25.7 Å². The summed E-state index contributed by atoms with van der Waals surface area (Å²) in [7, 11) is 1.73. The van der Waals surface area contributed by atoms with Crippen molar-refractivity contribution < 1.29 is 9.53 Å². The quantitative estimate of drug-likeness (QED) is 0.573. The van der Waals surface area contributed by atoms with Crippen LogP contribution in [0.4, 0.5) is 0 Å². The Bertz CT molecular complexity index is 321. The van der Waals surface area contributed by atoms with Crippen molar-refractivity contribution in [3.05, 3.63) is 0 Å². The van der Waals surface area contributed by atoms with Gasteiger partial charge in [-0.25, -0.2) is 0 Å². The Morgan fingerprint density at radius 2 is 2.14 bits per heavy atom. The lowest BCUT2D eigenvalue weighted by molar-refractivity contribution is -0.124. The standard InChI is InChI=1S/C16H33N3O2/c1-5-13(2)19(11-12-21-4)10-6-9-16(3,15(17)20)18-14-7-8-14/h13-14,18H,5-12H2,1-4H3,(H2,17,20). The van der Waals surface area contributed by atoms with Crippen molar-refractivity contribution in [3.8, 4) is 0 Å². The first kappa shape index (κ1) is 18.4. The van der Waals surface area contributed by atoms with Crippen LogP contribution in [-0.2, 0) is 9.53 Å². The van der Waals surface area contributed by atoms with Crippen molar-refractivity contribution in [2.45, 2.75) is 70.5 Å². The maximum atomic E-state index is 11.7. The van der Waals surface area contributed by atoms with Gasteiger partial charge >= 0.3 is 0 Å². The summed E-state index contributed by atoms with van der Waals surface area (Å²) in [5, 5.41) is 3.41. The van der Waals surface area contributed by atoms with Gasteiger partial charge < -0.3 is 15.8 Å². The summed E-state index contributed by atoms with van der Waals surface area (Å²) < 4.78 is 5.19. The lowest BCUT2D eigenvalue weighted by Gasteiger charge is -2.31. The molecule has 21 heavy (non-hydrogen) atoms. The third kappa shape index (κ3) is 6.32. The number of hydrogen-bond acceptors (Lipinski definition) is 4. The van der Waals surface area contributed by atoms with Crippen molar-refractivity contribution >= 4 is 5.91 Å². The zero-order valence-electron chi connectivity index (χ0n) is 14.2. The summed E-state index contributed by atoms with van der Waals surface area (Å²) in [4.78, 5) is 14.2. The summed E-state index contributed by atoms with van der Waals surface area (Å²) in [5.41, 5.74) is 5.03. The summed E-state index contributed by atoms with van der Waals surface area (Å²) in [6.07, 6.45) is 5.20. The number of amides is 1. The number of carbonyl (C=O) groups excluding carboxylic acids is 1. The predicted molar refractivity (Wildman–Crippen MR) is 86.2 cm³/mol. The molecule has 0 radical (unpaired) electrons. The fourth-order valence-corrected chi connectivity index (χ4v) is 2.60. The molecule has 3 N–H and O–H groups in total. The maximum absolute atomic E-state index is 11.7. The van der Waals surface area contributed by atoms with Crippen molar-refractivity contribution in [1.82, 2.24) is 10.2 Å². The topological polar surface area (TPSA) is 67.6 Å². The molecular weight excluding hydrogens is 266 g/mol. The molecule has 0 saturated heterocycles. The highest BCUT2D eigenvalue weighted by molar-refractivity contribution is 5.84. The lowest BCUT2D eigenvalue weighted by atomic mass is 9.94. The number of rotatable bonds is 12. The van der Waals surface area contributed by atoms with Gasteiger partial charge in [-0.2, -0.15) is 0 Å².